The van der Waals surface area contributed by atoms with Crippen molar-refractivity contribution in [3.8, 4) is 0 Å². The third-order valence-electron chi connectivity index (χ3n) is 4.53. The van der Waals surface area contributed by atoms with Gasteiger partial charge in [-0.2, -0.15) is 0 Å². The first-order valence-electron chi connectivity index (χ1n) is 9.52. The second kappa shape index (κ2) is 8.48. The minimum atomic E-state index is -0.127. The number of benzene rings is 2. The zero-order valence-corrected chi connectivity index (χ0v) is 16.4. The molecule has 0 spiro atoms. The molecule has 0 saturated heterocycles. The molecule has 2 aromatic heterocycles. The van der Waals surface area contributed by atoms with Crippen LogP contribution in [0.2, 0.25) is 0 Å². The molecular formula is C23H21N5O2. The molecule has 30 heavy (non-hydrogen) atoms. The van der Waals surface area contributed by atoms with Gasteiger partial charge < -0.3 is 20.9 Å². The van der Waals surface area contributed by atoms with Crippen molar-refractivity contribution in [2.75, 3.05) is 16.0 Å². The van der Waals surface area contributed by atoms with Crippen LogP contribution in [0.25, 0.3) is 10.9 Å². The summed E-state index contributed by atoms with van der Waals surface area (Å²) in [5, 5.41) is 9.84. The number of fused-ring (bicyclic) bond motifs is 1. The highest BCUT2D eigenvalue weighted by Crippen LogP contribution is 2.21. The monoisotopic (exact) mass is 399 g/mol. The van der Waals surface area contributed by atoms with E-state index >= 15 is 0 Å². The second-order valence-electron chi connectivity index (χ2n) is 6.90. The Morgan fingerprint density at radius 1 is 0.933 bits per heavy atom. The summed E-state index contributed by atoms with van der Waals surface area (Å²) in [4.78, 5) is 31.1. The Balaban J connectivity index is 1.37. The van der Waals surface area contributed by atoms with E-state index in [1.165, 1.54) is 6.92 Å². The Bertz CT molecular complexity index is 1200. The van der Waals surface area contributed by atoms with Gasteiger partial charge >= 0.3 is 0 Å². The summed E-state index contributed by atoms with van der Waals surface area (Å²) < 4.78 is 0. The predicted octanol–water partition coefficient (Wildman–Crippen LogP) is 4.45. The number of para-hydroxylation sites is 1. The Labute approximate surface area is 173 Å². The number of carbonyl (C=O) groups is 2. The number of hydrogen-bond donors (Lipinski definition) is 4. The number of amides is 2. The number of nitrogens with zero attached hydrogens (tertiary/aromatic N) is 1. The van der Waals surface area contributed by atoms with Crippen LogP contribution < -0.4 is 16.0 Å². The van der Waals surface area contributed by atoms with Crippen molar-refractivity contribution in [3.05, 3.63) is 78.6 Å². The third-order valence-corrected chi connectivity index (χ3v) is 4.53. The maximum atomic E-state index is 12.4. The fourth-order valence-corrected chi connectivity index (χ4v) is 3.22. The van der Waals surface area contributed by atoms with E-state index in [-0.39, 0.29) is 18.2 Å². The summed E-state index contributed by atoms with van der Waals surface area (Å²) >= 11 is 0. The molecule has 4 aromatic rings. The molecule has 4 N–H and O–H groups in total. The molecule has 0 aliphatic rings. The lowest BCUT2D eigenvalue weighted by atomic mass is 10.1. The molecular weight excluding hydrogens is 378 g/mol. The maximum Gasteiger partial charge on any atom is 0.228 e. The standard InChI is InChI=1S/C23H21N5O2/c1-15(29)26-17-5-4-6-18(12-17)27-22-10-9-19(14-25-22)28-23(30)11-16-13-24-21-8-3-2-7-20(16)21/h2-10,12-14,24H,11H2,1H3,(H,25,27)(H,26,29)(H,28,30). The lowest BCUT2D eigenvalue weighted by Crippen LogP contribution is -2.14. The van der Waals surface area contributed by atoms with Crippen molar-refractivity contribution in [2.24, 2.45) is 0 Å². The van der Waals surface area contributed by atoms with Crippen LogP contribution in [0.5, 0.6) is 0 Å². The lowest BCUT2D eigenvalue weighted by molar-refractivity contribution is -0.116. The minimum absolute atomic E-state index is 0.106. The summed E-state index contributed by atoms with van der Waals surface area (Å²) in [6.45, 7) is 1.47. The Hall–Kier alpha value is -4.13. The number of hydrogen-bond acceptors (Lipinski definition) is 4. The van der Waals surface area contributed by atoms with Crippen molar-refractivity contribution in [2.45, 2.75) is 13.3 Å². The van der Waals surface area contributed by atoms with Crippen molar-refractivity contribution < 1.29 is 9.59 Å². The number of H-pyrrole nitrogens is 1. The quantitative estimate of drug-likeness (QED) is 0.385. The van der Waals surface area contributed by atoms with Crippen LogP contribution in [0, 0.1) is 0 Å². The third kappa shape index (κ3) is 4.64. The van der Waals surface area contributed by atoms with E-state index < -0.39 is 0 Å². The van der Waals surface area contributed by atoms with Crippen LogP contribution in [0.4, 0.5) is 22.9 Å². The highest BCUT2D eigenvalue weighted by Gasteiger charge is 2.09. The van der Waals surface area contributed by atoms with E-state index in [0.717, 1.165) is 22.2 Å². The van der Waals surface area contributed by atoms with Crippen LogP contribution in [0.3, 0.4) is 0 Å². The lowest BCUT2D eigenvalue weighted by Gasteiger charge is -2.09. The van der Waals surface area contributed by atoms with Crippen LogP contribution in [0.15, 0.2) is 73.1 Å². The van der Waals surface area contributed by atoms with Crippen LogP contribution in [0.1, 0.15) is 12.5 Å². The maximum absolute atomic E-state index is 12.4. The average molecular weight is 399 g/mol. The summed E-state index contributed by atoms with van der Waals surface area (Å²) in [5.41, 5.74) is 4.09. The van der Waals surface area contributed by atoms with E-state index in [9.17, 15) is 9.59 Å². The molecule has 0 fully saturated rings. The number of nitrogens with one attached hydrogen (secondary N) is 4. The van der Waals surface area contributed by atoms with E-state index in [1.807, 2.05) is 54.7 Å². The van der Waals surface area contributed by atoms with Crippen molar-refractivity contribution in [1.29, 1.82) is 0 Å². The number of anilines is 4. The van der Waals surface area contributed by atoms with Gasteiger partial charge in [-0.1, -0.05) is 24.3 Å². The Morgan fingerprint density at radius 3 is 2.57 bits per heavy atom. The van der Waals surface area contributed by atoms with Crippen LogP contribution >= 0.6 is 0 Å². The van der Waals surface area contributed by atoms with E-state index in [4.69, 9.17) is 0 Å². The van der Waals surface area contributed by atoms with Gasteiger partial charge in [-0.05, 0) is 42.0 Å². The fraction of sp³-hybridized carbons (Fsp3) is 0.0870. The van der Waals surface area contributed by atoms with Gasteiger partial charge in [0.2, 0.25) is 11.8 Å². The van der Waals surface area contributed by atoms with E-state index in [2.05, 4.69) is 25.9 Å². The molecule has 7 heteroatoms. The molecule has 0 radical (unpaired) electrons. The predicted molar refractivity (Wildman–Crippen MR) is 119 cm³/mol. The zero-order chi connectivity index (χ0) is 20.9. The topological polar surface area (TPSA) is 98.9 Å². The fourth-order valence-electron chi connectivity index (χ4n) is 3.22. The summed E-state index contributed by atoms with van der Waals surface area (Å²) in [6.07, 6.45) is 3.75. The van der Waals surface area contributed by atoms with E-state index in [1.54, 1.807) is 18.3 Å². The Kier molecular flexibility index (Phi) is 5.43. The molecule has 0 unspecified atom stereocenters. The van der Waals surface area contributed by atoms with Crippen LogP contribution in [-0.2, 0) is 16.0 Å². The Morgan fingerprint density at radius 2 is 1.77 bits per heavy atom. The van der Waals surface area contributed by atoms with Crippen LogP contribution in [-0.4, -0.2) is 21.8 Å². The highest BCUT2D eigenvalue weighted by molar-refractivity contribution is 5.95. The summed E-state index contributed by atoms with van der Waals surface area (Å²) in [7, 11) is 0. The highest BCUT2D eigenvalue weighted by atomic mass is 16.2. The minimum Gasteiger partial charge on any atom is -0.361 e. The van der Waals surface area contributed by atoms with E-state index in [0.29, 0.717) is 17.2 Å². The molecule has 0 saturated carbocycles. The number of rotatable bonds is 6. The zero-order valence-electron chi connectivity index (χ0n) is 16.4. The average Bonchev–Trinajstić information content (AvgIpc) is 3.12. The van der Waals surface area contributed by atoms with Gasteiger partial charge in [0.15, 0.2) is 0 Å². The summed E-state index contributed by atoms with van der Waals surface area (Å²) in [6, 6.07) is 18.8. The molecule has 0 bridgehead atoms. The van der Waals surface area contributed by atoms with Crippen molar-refractivity contribution in [3.63, 3.8) is 0 Å². The van der Waals surface area contributed by atoms with Gasteiger partial charge in [-0.3, -0.25) is 9.59 Å². The summed E-state index contributed by atoms with van der Waals surface area (Å²) in [5.74, 6) is 0.396. The van der Waals surface area contributed by atoms with Crippen molar-refractivity contribution >= 4 is 45.6 Å². The largest absolute Gasteiger partial charge is 0.361 e. The number of aromatic amines is 1. The van der Waals surface area contributed by atoms with Gasteiger partial charge in [-0.15, -0.1) is 0 Å². The van der Waals surface area contributed by atoms with Crippen molar-refractivity contribution in [1.82, 2.24) is 9.97 Å². The normalized spacial score (nSPS) is 10.6. The first-order valence-corrected chi connectivity index (χ1v) is 9.52. The SMILES string of the molecule is CC(=O)Nc1cccc(Nc2ccc(NC(=O)Cc3c[nH]c4ccccc34)cn2)c1. The number of carbonyl (C=O) groups excluding carboxylic acids is 2. The van der Waals surface area contributed by atoms with Gasteiger partial charge in [0, 0.05) is 35.4 Å². The molecule has 7 nitrogen and oxygen atoms in total. The number of aromatic nitrogens is 2. The molecule has 0 aliphatic heterocycles. The smallest absolute Gasteiger partial charge is 0.228 e. The van der Waals surface area contributed by atoms with Gasteiger partial charge in [0.05, 0.1) is 18.3 Å². The van der Waals surface area contributed by atoms with Gasteiger partial charge in [0.25, 0.3) is 0 Å². The molecule has 0 aliphatic carbocycles. The molecule has 150 valence electrons. The van der Waals surface area contributed by atoms with Gasteiger partial charge in [-0.25, -0.2) is 4.98 Å². The second-order valence-corrected chi connectivity index (χ2v) is 6.90. The molecule has 4 rings (SSSR count). The first kappa shape index (κ1) is 19.2. The molecule has 2 aromatic carbocycles. The van der Waals surface area contributed by atoms with Gasteiger partial charge in [0.1, 0.15) is 5.82 Å². The molecule has 2 amide bonds. The first-order chi connectivity index (χ1) is 14.6. The number of pyridine rings is 1. The molecule has 0 atom stereocenters. The molecule has 2 heterocycles.